The first-order valence-electron chi connectivity index (χ1n) is 7.57. The molecule has 1 rings (SSSR count). The number of benzene rings is 1. The van der Waals surface area contributed by atoms with E-state index >= 15 is 0 Å². The zero-order valence-corrected chi connectivity index (χ0v) is 13.4. The molecule has 116 valence electrons. The molecule has 0 radical (unpaired) electrons. The fraction of sp³-hybridized carbons (Fsp3) is 0.444. The Balaban J connectivity index is 2.60. The first kappa shape index (κ1) is 17.3. The molecule has 0 spiro atoms. The van der Waals surface area contributed by atoms with Crippen molar-refractivity contribution < 1.29 is 9.13 Å². The molecule has 0 unspecified atom stereocenters. The minimum absolute atomic E-state index is 0.0522. The van der Waals surface area contributed by atoms with Crippen LogP contribution in [0, 0.1) is 0 Å². The highest BCUT2D eigenvalue weighted by Gasteiger charge is 2.06. The van der Waals surface area contributed by atoms with Gasteiger partial charge in [-0.15, -0.1) is 0 Å². The minimum Gasteiger partial charge on any atom is -0.487 e. The van der Waals surface area contributed by atoms with Crippen molar-refractivity contribution in [3.63, 3.8) is 0 Å². The number of halogens is 1. The lowest BCUT2D eigenvalue weighted by Gasteiger charge is -2.13. The standard InChI is InChI=1S/C18H26FNO/c1-5-14(6-2)15-8-10-18(11-9-15)21-13-16(19)12-17(7-3)20-4/h7-12,14,20H,5-6,13H2,1-4H3/b16-12+,17-7+. The average molecular weight is 291 g/mol. The Hall–Kier alpha value is -1.77. The second-order valence-electron chi connectivity index (χ2n) is 4.96. The SMILES string of the molecule is C/C=C(\C=C(\F)COc1ccc(C(CC)CC)cc1)NC. The summed E-state index contributed by atoms with van der Waals surface area (Å²) in [5, 5.41) is 2.90. The number of likely N-dealkylation sites (N-methyl/N-ethyl adjacent to an activating group) is 1. The molecule has 0 saturated heterocycles. The summed E-state index contributed by atoms with van der Waals surface area (Å²) in [7, 11) is 1.76. The second-order valence-corrected chi connectivity index (χ2v) is 4.96. The third-order valence-electron chi connectivity index (χ3n) is 3.63. The number of nitrogens with one attached hydrogen (secondary N) is 1. The predicted octanol–water partition coefficient (Wildman–Crippen LogP) is 4.95. The molecule has 0 aliphatic rings. The van der Waals surface area contributed by atoms with Gasteiger partial charge in [0.05, 0.1) is 0 Å². The van der Waals surface area contributed by atoms with E-state index in [4.69, 9.17) is 4.74 Å². The van der Waals surface area contributed by atoms with E-state index in [1.807, 2.05) is 25.1 Å². The number of ether oxygens (including phenoxy) is 1. The van der Waals surface area contributed by atoms with Crippen molar-refractivity contribution in [1.29, 1.82) is 0 Å². The van der Waals surface area contributed by atoms with Gasteiger partial charge in [0.2, 0.25) is 0 Å². The van der Waals surface area contributed by atoms with E-state index in [9.17, 15) is 4.39 Å². The predicted molar refractivity (Wildman–Crippen MR) is 87.3 cm³/mol. The Morgan fingerprint density at radius 2 is 1.86 bits per heavy atom. The van der Waals surface area contributed by atoms with Gasteiger partial charge in [-0.2, -0.15) is 0 Å². The Morgan fingerprint density at radius 3 is 2.33 bits per heavy atom. The number of allylic oxidation sites excluding steroid dienone is 2. The van der Waals surface area contributed by atoms with E-state index in [1.165, 1.54) is 11.6 Å². The van der Waals surface area contributed by atoms with Crippen LogP contribution in [0.3, 0.4) is 0 Å². The Bertz CT molecular complexity index is 472. The second kappa shape index (κ2) is 9.22. The van der Waals surface area contributed by atoms with Gasteiger partial charge >= 0.3 is 0 Å². The Kier molecular flexibility index (Phi) is 7.59. The summed E-state index contributed by atoms with van der Waals surface area (Å²) in [6, 6.07) is 7.96. The quantitative estimate of drug-likeness (QED) is 0.685. The molecule has 1 aromatic carbocycles. The van der Waals surface area contributed by atoms with E-state index < -0.39 is 0 Å². The maximum absolute atomic E-state index is 13.7. The van der Waals surface area contributed by atoms with Gasteiger partial charge in [0.25, 0.3) is 0 Å². The van der Waals surface area contributed by atoms with Crippen LogP contribution < -0.4 is 10.1 Å². The zero-order chi connectivity index (χ0) is 15.7. The van der Waals surface area contributed by atoms with Crippen LogP contribution in [0.25, 0.3) is 0 Å². The lowest BCUT2D eigenvalue weighted by molar-refractivity contribution is 0.318. The van der Waals surface area contributed by atoms with E-state index in [0.29, 0.717) is 11.7 Å². The highest BCUT2D eigenvalue weighted by atomic mass is 19.1. The molecule has 0 saturated carbocycles. The first-order chi connectivity index (χ1) is 10.1. The van der Waals surface area contributed by atoms with Gasteiger partial charge in [-0.05, 0) is 49.5 Å². The lowest BCUT2D eigenvalue weighted by Crippen LogP contribution is -2.05. The third-order valence-corrected chi connectivity index (χ3v) is 3.63. The van der Waals surface area contributed by atoms with Gasteiger partial charge in [0.1, 0.15) is 18.2 Å². The Morgan fingerprint density at radius 1 is 1.24 bits per heavy atom. The molecule has 0 atom stereocenters. The highest BCUT2D eigenvalue weighted by molar-refractivity contribution is 5.30. The van der Waals surface area contributed by atoms with Crippen molar-refractivity contribution in [2.75, 3.05) is 13.7 Å². The van der Waals surface area contributed by atoms with E-state index in [2.05, 4.69) is 31.3 Å². The molecular weight excluding hydrogens is 265 g/mol. The average Bonchev–Trinajstić information content (AvgIpc) is 2.53. The molecule has 0 aliphatic heterocycles. The fourth-order valence-electron chi connectivity index (χ4n) is 2.26. The summed E-state index contributed by atoms with van der Waals surface area (Å²) in [5.74, 6) is 0.977. The summed E-state index contributed by atoms with van der Waals surface area (Å²) in [6.45, 7) is 6.19. The van der Waals surface area contributed by atoms with Crippen molar-refractivity contribution >= 4 is 0 Å². The van der Waals surface area contributed by atoms with Crippen LogP contribution in [0.1, 0.15) is 45.1 Å². The van der Waals surface area contributed by atoms with Gasteiger partial charge in [-0.3, -0.25) is 0 Å². The third kappa shape index (κ3) is 5.62. The molecule has 0 amide bonds. The van der Waals surface area contributed by atoms with Gasteiger partial charge in [-0.1, -0.05) is 32.1 Å². The fourth-order valence-corrected chi connectivity index (χ4v) is 2.26. The van der Waals surface area contributed by atoms with E-state index in [1.54, 1.807) is 7.05 Å². The van der Waals surface area contributed by atoms with Crippen molar-refractivity contribution in [2.24, 2.45) is 0 Å². The molecule has 3 heteroatoms. The van der Waals surface area contributed by atoms with Crippen LogP contribution >= 0.6 is 0 Å². The zero-order valence-electron chi connectivity index (χ0n) is 13.4. The molecule has 2 nitrogen and oxygen atoms in total. The van der Waals surface area contributed by atoms with Crippen molar-refractivity contribution in [3.05, 3.63) is 53.5 Å². The normalized spacial score (nSPS) is 12.7. The number of hydrogen-bond acceptors (Lipinski definition) is 2. The van der Waals surface area contributed by atoms with Crippen molar-refractivity contribution in [1.82, 2.24) is 5.32 Å². The van der Waals surface area contributed by atoms with Crippen molar-refractivity contribution in [3.8, 4) is 5.75 Å². The van der Waals surface area contributed by atoms with Gasteiger partial charge < -0.3 is 10.1 Å². The monoisotopic (exact) mass is 291 g/mol. The van der Waals surface area contributed by atoms with Crippen LogP contribution in [0.2, 0.25) is 0 Å². The number of rotatable bonds is 8. The molecule has 0 fully saturated rings. The summed E-state index contributed by atoms with van der Waals surface area (Å²) < 4.78 is 19.1. The van der Waals surface area contributed by atoms with Gasteiger partial charge in [0.15, 0.2) is 0 Å². The largest absolute Gasteiger partial charge is 0.487 e. The smallest absolute Gasteiger partial charge is 0.140 e. The van der Waals surface area contributed by atoms with Gasteiger partial charge in [0, 0.05) is 12.7 Å². The van der Waals surface area contributed by atoms with Gasteiger partial charge in [-0.25, -0.2) is 4.39 Å². The maximum atomic E-state index is 13.7. The maximum Gasteiger partial charge on any atom is 0.140 e. The molecule has 0 heterocycles. The van der Waals surface area contributed by atoms with Crippen LogP contribution in [-0.4, -0.2) is 13.7 Å². The minimum atomic E-state index is -0.304. The Labute approximate surface area is 127 Å². The van der Waals surface area contributed by atoms with Crippen LogP contribution in [0.5, 0.6) is 5.75 Å². The summed E-state index contributed by atoms with van der Waals surface area (Å²) in [5.41, 5.74) is 2.05. The molecule has 0 aliphatic carbocycles. The number of hydrogen-bond donors (Lipinski definition) is 1. The molecule has 1 aromatic rings. The first-order valence-corrected chi connectivity index (χ1v) is 7.57. The summed E-state index contributed by atoms with van der Waals surface area (Å²) in [6.07, 6.45) is 5.51. The molecule has 1 N–H and O–H groups in total. The highest BCUT2D eigenvalue weighted by Crippen LogP contribution is 2.25. The van der Waals surface area contributed by atoms with Crippen molar-refractivity contribution in [2.45, 2.75) is 39.5 Å². The molecular formula is C18H26FNO. The van der Waals surface area contributed by atoms with Crippen LogP contribution in [0.4, 0.5) is 4.39 Å². The topological polar surface area (TPSA) is 21.3 Å². The van der Waals surface area contributed by atoms with E-state index in [-0.39, 0.29) is 12.4 Å². The van der Waals surface area contributed by atoms with Crippen LogP contribution in [0.15, 0.2) is 47.9 Å². The van der Waals surface area contributed by atoms with E-state index in [0.717, 1.165) is 18.5 Å². The molecule has 0 bridgehead atoms. The molecule has 0 aromatic heterocycles. The summed E-state index contributed by atoms with van der Waals surface area (Å²) in [4.78, 5) is 0. The van der Waals surface area contributed by atoms with Crippen LogP contribution in [-0.2, 0) is 0 Å². The summed E-state index contributed by atoms with van der Waals surface area (Å²) >= 11 is 0. The molecule has 21 heavy (non-hydrogen) atoms. The lowest BCUT2D eigenvalue weighted by atomic mass is 9.94.